The lowest BCUT2D eigenvalue weighted by Gasteiger charge is -2.35. The summed E-state index contributed by atoms with van der Waals surface area (Å²) >= 11 is 0. The maximum atomic E-state index is 13.9. The molecule has 0 aromatic carbocycles. The van der Waals surface area contributed by atoms with Gasteiger partial charge < -0.3 is 10.2 Å². The number of aromatic nitrogens is 1. The van der Waals surface area contributed by atoms with Crippen LogP contribution >= 0.6 is 0 Å². The van der Waals surface area contributed by atoms with Crippen LogP contribution in [0.15, 0.2) is 6.07 Å². The van der Waals surface area contributed by atoms with Crippen LogP contribution in [0.4, 0.5) is 20.4 Å². The van der Waals surface area contributed by atoms with Gasteiger partial charge in [-0.3, -0.25) is 0 Å². The first-order chi connectivity index (χ1) is 9.02. The van der Waals surface area contributed by atoms with Crippen molar-refractivity contribution in [1.82, 2.24) is 4.98 Å². The Morgan fingerprint density at radius 3 is 2.68 bits per heavy atom. The molecule has 2 unspecified atom stereocenters. The predicted molar refractivity (Wildman–Crippen MR) is 73.5 cm³/mol. The average molecular weight is 269 g/mol. The number of nitrogens with one attached hydrogen (secondary N) is 1. The van der Waals surface area contributed by atoms with E-state index in [1.165, 1.54) is 6.42 Å². The van der Waals surface area contributed by atoms with Crippen molar-refractivity contribution >= 4 is 11.6 Å². The molecule has 0 saturated heterocycles. The van der Waals surface area contributed by atoms with Gasteiger partial charge in [0.1, 0.15) is 0 Å². The molecule has 2 atom stereocenters. The van der Waals surface area contributed by atoms with Gasteiger partial charge in [-0.2, -0.15) is 0 Å². The van der Waals surface area contributed by atoms with Crippen molar-refractivity contribution < 1.29 is 8.78 Å². The van der Waals surface area contributed by atoms with Gasteiger partial charge in [0, 0.05) is 26.2 Å². The standard InChI is InChI=1S/C14H21F2N3/c1-9-5-4-6-10(7-9)19(3)14-12(16)8-11(15)13(17-2)18-14/h8-10H,4-7H2,1-3H3,(H,17,18). The molecule has 0 radical (unpaired) electrons. The highest BCUT2D eigenvalue weighted by molar-refractivity contribution is 5.49. The first-order valence-electron chi connectivity index (χ1n) is 6.79. The lowest BCUT2D eigenvalue weighted by atomic mass is 9.86. The summed E-state index contributed by atoms with van der Waals surface area (Å²) in [5.41, 5.74) is 0. The highest BCUT2D eigenvalue weighted by atomic mass is 19.1. The van der Waals surface area contributed by atoms with E-state index in [1.54, 1.807) is 7.05 Å². The summed E-state index contributed by atoms with van der Waals surface area (Å²) in [4.78, 5) is 5.91. The van der Waals surface area contributed by atoms with Gasteiger partial charge >= 0.3 is 0 Å². The molecular formula is C14H21F2N3. The van der Waals surface area contributed by atoms with Crippen molar-refractivity contribution in [2.24, 2.45) is 5.92 Å². The van der Waals surface area contributed by atoms with Crippen molar-refractivity contribution in [3.8, 4) is 0 Å². The van der Waals surface area contributed by atoms with Crippen LogP contribution < -0.4 is 10.2 Å². The summed E-state index contributed by atoms with van der Waals surface area (Å²) in [5, 5.41) is 2.65. The molecule has 1 aromatic heterocycles. The molecule has 0 amide bonds. The molecule has 1 fully saturated rings. The number of hydrogen-bond acceptors (Lipinski definition) is 3. The molecule has 19 heavy (non-hydrogen) atoms. The number of rotatable bonds is 3. The minimum Gasteiger partial charge on any atom is -0.371 e. The largest absolute Gasteiger partial charge is 0.371 e. The Morgan fingerprint density at radius 2 is 2.05 bits per heavy atom. The molecule has 1 aliphatic carbocycles. The van der Waals surface area contributed by atoms with Gasteiger partial charge in [-0.1, -0.05) is 19.8 Å². The summed E-state index contributed by atoms with van der Waals surface area (Å²) < 4.78 is 27.3. The molecule has 0 bridgehead atoms. The normalized spacial score (nSPS) is 23.2. The van der Waals surface area contributed by atoms with Crippen LogP contribution in [0.1, 0.15) is 32.6 Å². The maximum Gasteiger partial charge on any atom is 0.168 e. The quantitative estimate of drug-likeness (QED) is 0.911. The molecule has 1 aromatic rings. The zero-order chi connectivity index (χ0) is 14.0. The van der Waals surface area contributed by atoms with Gasteiger partial charge in [0.2, 0.25) is 0 Å². The van der Waals surface area contributed by atoms with Gasteiger partial charge in [0.25, 0.3) is 0 Å². The van der Waals surface area contributed by atoms with Crippen LogP contribution in [-0.4, -0.2) is 25.1 Å². The van der Waals surface area contributed by atoms with E-state index in [2.05, 4.69) is 17.2 Å². The first kappa shape index (κ1) is 14.0. The van der Waals surface area contributed by atoms with Crippen LogP contribution in [0.3, 0.4) is 0 Å². The third-order valence-corrected chi connectivity index (χ3v) is 3.94. The highest BCUT2D eigenvalue weighted by Gasteiger charge is 2.25. The summed E-state index contributed by atoms with van der Waals surface area (Å²) in [5.74, 6) is -0.295. The van der Waals surface area contributed by atoms with Gasteiger partial charge in [-0.25, -0.2) is 13.8 Å². The summed E-state index contributed by atoms with van der Waals surface area (Å²) in [6.45, 7) is 2.22. The topological polar surface area (TPSA) is 28.2 Å². The van der Waals surface area contributed by atoms with E-state index in [1.807, 2.05) is 11.9 Å². The first-order valence-corrected chi connectivity index (χ1v) is 6.79. The number of pyridine rings is 1. The van der Waals surface area contributed by atoms with E-state index in [0.717, 1.165) is 25.3 Å². The fraction of sp³-hybridized carbons (Fsp3) is 0.643. The Hall–Kier alpha value is -1.39. The highest BCUT2D eigenvalue weighted by Crippen LogP contribution is 2.30. The minimum atomic E-state index is -0.658. The molecule has 1 aliphatic rings. The minimum absolute atomic E-state index is 0.0899. The van der Waals surface area contributed by atoms with Crippen LogP contribution in [-0.2, 0) is 0 Å². The molecule has 1 N–H and O–H groups in total. The van der Waals surface area contributed by atoms with E-state index in [9.17, 15) is 8.78 Å². The number of anilines is 2. The monoisotopic (exact) mass is 269 g/mol. The Kier molecular flexibility index (Phi) is 4.22. The summed E-state index contributed by atoms with van der Waals surface area (Å²) in [7, 11) is 3.42. The molecule has 1 saturated carbocycles. The summed E-state index contributed by atoms with van der Waals surface area (Å²) in [6, 6.07) is 1.18. The van der Waals surface area contributed by atoms with Gasteiger partial charge in [-0.05, 0) is 18.8 Å². The molecule has 1 heterocycles. The zero-order valence-electron chi connectivity index (χ0n) is 11.7. The van der Waals surface area contributed by atoms with Gasteiger partial charge in [0.15, 0.2) is 23.3 Å². The molecule has 2 rings (SSSR count). The fourth-order valence-corrected chi connectivity index (χ4v) is 2.81. The molecule has 0 spiro atoms. The molecule has 0 aliphatic heterocycles. The average Bonchev–Trinajstić information content (AvgIpc) is 2.38. The predicted octanol–water partition coefficient (Wildman–Crippen LogP) is 3.42. The third-order valence-electron chi connectivity index (χ3n) is 3.94. The summed E-state index contributed by atoms with van der Waals surface area (Å²) in [6.07, 6.45) is 4.45. The third kappa shape index (κ3) is 2.96. The van der Waals surface area contributed by atoms with Gasteiger partial charge in [0.05, 0.1) is 0 Å². The molecule has 5 heteroatoms. The number of nitrogens with zero attached hydrogens (tertiary/aromatic N) is 2. The Bertz CT molecular complexity index is 451. The van der Waals surface area contributed by atoms with Crippen LogP contribution in [0, 0.1) is 17.6 Å². The van der Waals surface area contributed by atoms with Crippen molar-refractivity contribution in [1.29, 1.82) is 0 Å². The van der Waals surface area contributed by atoms with E-state index in [4.69, 9.17) is 0 Å². The second-order valence-electron chi connectivity index (χ2n) is 5.41. The zero-order valence-corrected chi connectivity index (χ0v) is 11.7. The smallest absolute Gasteiger partial charge is 0.168 e. The molecule has 3 nitrogen and oxygen atoms in total. The SMILES string of the molecule is CNc1nc(N(C)C2CCCC(C)C2)c(F)cc1F. The number of halogens is 2. The van der Waals surface area contributed by atoms with E-state index in [0.29, 0.717) is 5.92 Å². The number of hydrogen-bond donors (Lipinski definition) is 1. The Balaban J connectivity index is 2.25. The van der Waals surface area contributed by atoms with E-state index >= 15 is 0 Å². The van der Waals surface area contributed by atoms with Crippen LogP contribution in [0.5, 0.6) is 0 Å². The lowest BCUT2D eigenvalue weighted by Crippen LogP contribution is -2.36. The van der Waals surface area contributed by atoms with E-state index < -0.39 is 11.6 Å². The molecule has 106 valence electrons. The van der Waals surface area contributed by atoms with Crippen molar-refractivity contribution in [3.63, 3.8) is 0 Å². The van der Waals surface area contributed by atoms with Crippen molar-refractivity contribution in [2.45, 2.75) is 38.6 Å². The Labute approximate surface area is 113 Å². The van der Waals surface area contributed by atoms with Gasteiger partial charge in [-0.15, -0.1) is 0 Å². The van der Waals surface area contributed by atoms with Crippen molar-refractivity contribution in [2.75, 3.05) is 24.3 Å². The van der Waals surface area contributed by atoms with Crippen LogP contribution in [0.2, 0.25) is 0 Å². The second kappa shape index (κ2) is 5.72. The van der Waals surface area contributed by atoms with E-state index in [-0.39, 0.29) is 17.7 Å². The maximum absolute atomic E-state index is 13.9. The van der Waals surface area contributed by atoms with Crippen molar-refractivity contribution in [3.05, 3.63) is 17.7 Å². The molecular weight excluding hydrogens is 248 g/mol. The Morgan fingerprint density at radius 1 is 1.32 bits per heavy atom. The van der Waals surface area contributed by atoms with Crippen LogP contribution in [0.25, 0.3) is 0 Å². The fourth-order valence-electron chi connectivity index (χ4n) is 2.81. The lowest BCUT2D eigenvalue weighted by molar-refractivity contribution is 0.334. The second-order valence-corrected chi connectivity index (χ2v) is 5.41.